The molecule has 0 saturated carbocycles. The van der Waals surface area contributed by atoms with Gasteiger partial charge >= 0.3 is 6.18 Å². The van der Waals surface area contributed by atoms with Gasteiger partial charge in [-0.05, 0) is 38.1 Å². The van der Waals surface area contributed by atoms with Gasteiger partial charge in [-0.15, -0.1) is 16.4 Å². The fourth-order valence-electron chi connectivity index (χ4n) is 3.06. The van der Waals surface area contributed by atoms with E-state index < -0.39 is 17.6 Å². The first-order valence-electron chi connectivity index (χ1n) is 9.38. The number of thiazole rings is 1. The number of nitrogens with zero attached hydrogens (tertiary/aromatic N) is 6. The summed E-state index contributed by atoms with van der Waals surface area (Å²) in [6.45, 7) is 5.09. The molecule has 0 aliphatic heterocycles. The molecule has 0 aliphatic rings. The standard InChI is InChI=1S/C20H17F3N6OS2/c1-11-7-12(2)29-17(24-11)26-18(27-29)31-9-15-10-32-19(25-15)28(13(3)30)16-6-4-5-14(8-16)20(21,22)23/h4-8,10H,9H2,1-3H3. The smallest absolute Gasteiger partial charge is 0.274 e. The number of fused-ring (bicyclic) bond motifs is 1. The van der Waals surface area contributed by atoms with Gasteiger partial charge in [0.1, 0.15) is 0 Å². The lowest BCUT2D eigenvalue weighted by molar-refractivity contribution is -0.137. The molecule has 0 N–H and O–H groups in total. The van der Waals surface area contributed by atoms with Gasteiger partial charge in [0.25, 0.3) is 5.78 Å². The Kier molecular flexibility index (Phi) is 5.91. The van der Waals surface area contributed by atoms with Gasteiger partial charge in [-0.2, -0.15) is 18.2 Å². The molecule has 0 aliphatic carbocycles. The van der Waals surface area contributed by atoms with Crippen molar-refractivity contribution in [3.63, 3.8) is 0 Å². The number of anilines is 2. The average molecular weight is 479 g/mol. The lowest BCUT2D eigenvalue weighted by atomic mass is 10.2. The van der Waals surface area contributed by atoms with Crippen LogP contribution in [-0.2, 0) is 16.7 Å². The van der Waals surface area contributed by atoms with Crippen molar-refractivity contribution in [3.8, 4) is 0 Å². The predicted molar refractivity (Wildman–Crippen MR) is 116 cm³/mol. The van der Waals surface area contributed by atoms with E-state index in [0.29, 0.717) is 27.5 Å². The summed E-state index contributed by atoms with van der Waals surface area (Å²) >= 11 is 2.54. The molecule has 1 amide bonds. The second-order valence-corrected chi connectivity index (χ2v) is 8.74. The number of rotatable bonds is 5. The van der Waals surface area contributed by atoms with Crippen molar-refractivity contribution >= 4 is 45.6 Å². The second kappa shape index (κ2) is 8.51. The molecule has 1 aromatic carbocycles. The molecule has 0 fully saturated rings. The van der Waals surface area contributed by atoms with Crippen LogP contribution in [0.3, 0.4) is 0 Å². The molecule has 4 aromatic rings. The number of thioether (sulfide) groups is 1. The van der Waals surface area contributed by atoms with Crippen molar-refractivity contribution in [1.29, 1.82) is 0 Å². The maximum absolute atomic E-state index is 13.1. The minimum atomic E-state index is -4.50. The number of carbonyl (C=O) groups is 1. The van der Waals surface area contributed by atoms with Crippen molar-refractivity contribution in [2.24, 2.45) is 0 Å². The summed E-state index contributed by atoms with van der Waals surface area (Å²) < 4.78 is 40.9. The summed E-state index contributed by atoms with van der Waals surface area (Å²) in [5, 5.41) is 7.01. The fourth-order valence-corrected chi connectivity index (χ4v) is 4.76. The molecule has 0 unspecified atom stereocenters. The third-order valence-electron chi connectivity index (χ3n) is 4.43. The number of aromatic nitrogens is 5. The Balaban J connectivity index is 1.54. The van der Waals surface area contributed by atoms with Crippen molar-refractivity contribution in [3.05, 3.63) is 58.4 Å². The van der Waals surface area contributed by atoms with Gasteiger partial charge in [-0.3, -0.25) is 9.69 Å². The van der Waals surface area contributed by atoms with E-state index in [1.54, 1.807) is 9.90 Å². The summed E-state index contributed by atoms with van der Waals surface area (Å²) in [5.74, 6) is 0.507. The average Bonchev–Trinajstić information content (AvgIpc) is 3.33. The van der Waals surface area contributed by atoms with Gasteiger partial charge in [-0.1, -0.05) is 17.8 Å². The number of amides is 1. The van der Waals surface area contributed by atoms with Crippen LogP contribution < -0.4 is 4.90 Å². The first-order valence-corrected chi connectivity index (χ1v) is 11.2. The summed E-state index contributed by atoms with van der Waals surface area (Å²) in [6, 6.07) is 6.53. The molecule has 7 nitrogen and oxygen atoms in total. The molecule has 0 spiro atoms. The van der Waals surface area contributed by atoms with Crippen LogP contribution in [0.4, 0.5) is 24.0 Å². The minimum absolute atomic E-state index is 0.111. The van der Waals surface area contributed by atoms with Crippen LogP contribution in [0.15, 0.2) is 40.9 Å². The molecule has 0 bridgehead atoms. The molecule has 166 valence electrons. The van der Waals surface area contributed by atoms with E-state index in [4.69, 9.17) is 0 Å². The van der Waals surface area contributed by atoms with E-state index in [-0.39, 0.29) is 5.69 Å². The molecule has 0 saturated heterocycles. The fraction of sp³-hybridized carbons (Fsp3) is 0.250. The third-order valence-corrected chi connectivity index (χ3v) is 6.17. The molecule has 0 radical (unpaired) electrons. The van der Waals surface area contributed by atoms with Gasteiger partial charge in [0.15, 0.2) is 5.13 Å². The van der Waals surface area contributed by atoms with Crippen LogP contribution in [0.5, 0.6) is 0 Å². The number of halogens is 3. The number of benzene rings is 1. The molecule has 12 heteroatoms. The maximum atomic E-state index is 13.1. The largest absolute Gasteiger partial charge is 0.416 e. The summed E-state index contributed by atoms with van der Waals surface area (Å²) in [6.07, 6.45) is -4.50. The Bertz CT molecular complexity index is 1300. The Morgan fingerprint density at radius 3 is 2.69 bits per heavy atom. The zero-order valence-corrected chi connectivity index (χ0v) is 18.8. The van der Waals surface area contributed by atoms with Gasteiger partial charge in [0.05, 0.1) is 16.9 Å². The topological polar surface area (TPSA) is 76.3 Å². The van der Waals surface area contributed by atoms with Gasteiger partial charge in [-0.25, -0.2) is 14.5 Å². The van der Waals surface area contributed by atoms with E-state index in [1.807, 2.05) is 19.9 Å². The zero-order chi connectivity index (χ0) is 23.0. The molecule has 0 atom stereocenters. The van der Waals surface area contributed by atoms with E-state index in [0.717, 1.165) is 23.5 Å². The molecule has 4 rings (SSSR count). The quantitative estimate of drug-likeness (QED) is 0.367. The Labute approximate surface area is 189 Å². The Morgan fingerprint density at radius 2 is 1.97 bits per heavy atom. The molecule has 3 aromatic heterocycles. The van der Waals surface area contributed by atoms with Crippen molar-refractivity contribution < 1.29 is 18.0 Å². The highest BCUT2D eigenvalue weighted by atomic mass is 32.2. The summed E-state index contributed by atoms with van der Waals surface area (Å²) in [7, 11) is 0. The first-order chi connectivity index (χ1) is 15.1. The van der Waals surface area contributed by atoms with E-state index in [9.17, 15) is 18.0 Å². The third kappa shape index (κ3) is 4.60. The minimum Gasteiger partial charge on any atom is -0.274 e. The van der Waals surface area contributed by atoms with Crippen molar-refractivity contribution in [1.82, 2.24) is 24.6 Å². The SMILES string of the molecule is CC(=O)N(c1cccc(C(F)(F)F)c1)c1nc(CSc2nc3nc(C)cc(C)n3n2)cs1. The van der Waals surface area contributed by atoms with E-state index in [2.05, 4.69) is 20.1 Å². The van der Waals surface area contributed by atoms with Gasteiger partial charge in [0, 0.05) is 29.4 Å². The van der Waals surface area contributed by atoms with Crippen molar-refractivity contribution in [2.75, 3.05) is 4.90 Å². The van der Waals surface area contributed by atoms with Crippen LogP contribution in [0, 0.1) is 13.8 Å². The number of aryl methyl sites for hydroxylation is 2. The first kappa shape index (κ1) is 22.2. The Morgan fingerprint density at radius 1 is 1.19 bits per heavy atom. The second-order valence-electron chi connectivity index (χ2n) is 6.96. The monoisotopic (exact) mass is 478 g/mol. The highest BCUT2D eigenvalue weighted by Gasteiger charge is 2.31. The highest BCUT2D eigenvalue weighted by Crippen LogP contribution is 2.35. The van der Waals surface area contributed by atoms with Crippen LogP contribution in [0.2, 0.25) is 0 Å². The van der Waals surface area contributed by atoms with Crippen molar-refractivity contribution in [2.45, 2.75) is 37.9 Å². The van der Waals surface area contributed by atoms with Gasteiger partial charge < -0.3 is 0 Å². The number of carbonyl (C=O) groups excluding carboxylic acids is 1. The van der Waals surface area contributed by atoms with Crippen LogP contribution in [-0.4, -0.2) is 30.5 Å². The number of alkyl halides is 3. The van der Waals surface area contributed by atoms with E-state index in [1.165, 1.54) is 47.1 Å². The summed E-state index contributed by atoms with van der Waals surface area (Å²) in [4.78, 5) is 26.6. The van der Waals surface area contributed by atoms with Crippen LogP contribution >= 0.6 is 23.1 Å². The lowest BCUT2D eigenvalue weighted by Crippen LogP contribution is -2.23. The van der Waals surface area contributed by atoms with Crippen LogP contribution in [0.25, 0.3) is 5.78 Å². The molecular weight excluding hydrogens is 461 g/mol. The zero-order valence-electron chi connectivity index (χ0n) is 17.2. The maximum Gasteiger partial charge on any atom is 0.416 e. The Hall–Kier alpha value is -2.99. The van der Waals surface area contributed by atoms with Crippen LogP contribution in [0.1, 0.15) is 29.6 Å². The molecular formula is C20H17F3N6OS2. The summed E-state index contributed by atoms with van der Waals surface area (Å²) in [5.41, 5.74) is 1.71. The predicted octanol–water partition coefficient (Wildman–Crippen LogP) is 5.19. The number of hydrogen-bond acceptors (Lipinski definition) is 7. The van der Waals surface area contributed by atoms with E-state index >= 15 is 0 Å². The van der Waals surface area contributed by atoms with Gasteiger partial charge in [0.2, 0.25) is 11.1 Å². The lowest BCUT2D eigenvalue weighted by Gasteiger charge is -2.19. The molecule has 32 heavy (non-hydrogen) atoms. The highest BCUT2D eigenvalue weighted by molar-refractivity contribution is 7.98. The molecule has 3 heterocycles. The number of hydrogen-bond donors (Lipinski definition) is 0. The normalized spacial score (nSPS) is 11.8.